The second-order valence-corrected chi connectivity index (χ2v) is 4.61. The molecular formula is C12H21N5. The summed E-state index contributed by atoms with van der Waals surface area (Å²) in [5.41, 5.74) is 7.16. The van der Waals surface area contributed by atoms with Gasteiger partial charge in [-0.25, -0.2) is 4.98 Å². The van der Waals surface area contributed by atoms with Crippen LogP contribution in [0.5, 0.6) is 0 Å². The van der Waals surface area contributed by atoms with Crippen LogP contribution in [-0.4, -0.2) is 30.1 Å². The van der Waals surface area contributed by atoms with Gasteiger partial charge < -0.3 is 16.4 Å². The van der Waals surface area contributed by atoms with Gasteiger partial charge in [-0.15, -0.1) is 0 Å². The summed E-state index contributed by atoms with van der Waals surface area (Å²) in [6.07, 6.45) is 6.41. The molecule has 4 N–H and O–H groups in total. The minimum atomic E-state index is 0.377. The molecule has 5 heteroatoms. The van der Waals surface area contributed by atoms with E-state index in [1.54, 1.807) is 0 Å². The minimum Gasteiger partial charge on any atom is -0.373 e. The van der Waals surface area contributed by atoms with Crippen LogP contribution >= 0.6 is 0 Å². The van der Waals surface area contributed by atoms with Crippen LogP contribution in [0.4, 0.5) is 11.8 Å². The first kappa shape index (κ1) is 12.1. The molecule has 1 aromatic rings. The summed E-state index contributed by atoms with van der Waals surface area (Å²) in [5, 5.41) is 6.11. The number of nitrogens with one attached hydrogen (secondary N) is 2. The minimum absolute atomic E-state index is 0.377. The molecule has 5 nitrogen and oxygen atoms in total. The van der Waals surface area contributed by atoms with Gasteiger partial charge in [0.15, 0.2) is 0 Å². The van der Waals surface area contributed by atoms with E-state index in [0.717, 1.165) is 31.5 Å². The summed E-state index contributed by atoms with van der Waals surface area (Å²) in [4.78, 5) is 8.75. The van der Waals surface area contributed by atoms with Gasteiger partial charge in [0.05, 0.1) is 0 Å². The summed E-state index contributed by atoms with van der Waals surface area (Å²) in [6.45, 7) is 0. The van der Waals surface area contributed by atoms with Crippen LogP contribution in [0, 0.1) is 0 Å². The number of nitrogens with two attached hydrogens (primary N) is 1. The van der Waals surface area contributed by atoms with Gasteiger partial charge in [0.25, 0.3) is 0 Å². The van der Waals surface area contributed by atoms with Gasteiger partial charge in [-0.05, 0) is 31.6 Å². The summed E-state index contributed by atoms with van der Waals surface area (Å²) >= 11 is 0. The standard InChI is InChI=1S/C12H21N5/c1-14-11-10(7-16-12(15-2)17-11)8-3-5-9(13)6-4-8/h7-9H,3-6,13H2,1-2H3,(H2,14,15,16,17). The molecule has 17 heavy (non-hydrogen) atoms. The summed E-state index contributed by atoms with van der Waals surface area (Å²) in [5.74, 6) is 2.14. The van der Waals surface area contributed by atoms with Crippen molar-refractivity contribution in [2.24, 2.45) is 5.73 Å². The molecular weight excluding hydrogens is 214 g/mol. The third kappa shape index (κ3) is 2.66. The molecule has 94 valence electrons. The van der Waals surface area contributed by atoms with Crippen LogP contribution in [0.2, 0.25) is 0 Å². The number of nitrogens with zero attached hydrogens (tertiary/aromatic N) is 2. The summed E-state index contributed by atoms with van der Waals surface area (Å²) in [6, 6.07) is 0.377. The molecule has 1 saturated carbocycles. The second kappa shape index (κ2) is 5.31. The van der Waals surface area contributed by atoms with Crippen LogP contribution < -0.4 is 16.4 Å². The highest BCUT2D eigenvalue weighted by molar-refractivity contribution is 5.48. The molecule has 2 rings (SSSR count). The number of aromatic nitrogens is 2. The Morgan fingerprint density at radius 3 is 2.47 bits per heavy atom. The maximum absolute atomic E-state index is 5.93. The number of anilines is 2. The van der Waals surface area contributed by atoms with E-state index >= 15 is 0 Å². The zero-order valence-electron chi connectivity index (χ0n) is 10.5. The fraction of sp³-hybridized carbons (Fsp3) is 0.667. The SMILES string of the molecule is CNc1ncc(C2CCC(N)CC2)c(NC)n1. The molecule has 0 aliphatic heterocycles. The van der Waals surface area contributed by atoms with Gasteiger partial charge in [-0.1, -0.05) is 0 Å². The zero-order chi connectivity index (χ0) is 12.3. The predicted molar refractivity (Wildman–Crippen MR) is 70.3 cm³/mol. The van der Waals surface area contributed by atoms with Crippen molar-refractivity contribution in [2.75, 3.05) is 24.7 Å². The van der Waals surface area contributed by atoms with Crippen LogP contribution in [0.25, 0.3) is 0 Å². The fourth-order valence-corrected chi connectivity index (χ4v) is 2.44. The van der Waals surface area contributed by atoms with E-state index in [2.05, 4.69) is 20.6 Å². The Hall–Kier alpha value is -1.36. The van der Waals surface area contributed by atoms with Gasteiger partial charge in [0, 0.05) is 31.9 Å². The van der Waals surface area contributed by atoms with E-state index in [9.17, 15) is 0 Å². The molecule has 0 bridgehead atoms. The van der Waals surface area contributed by atoms with Crippen molar-refractivity contribution < 1.29 is 0 Å². The highest BCUT2D eigenvalue weighted by Gasteiger charge is 2.23. The van der Waals surface area contributed by atoms with E-state index < -0.39 is 0 Å². The fourth-order valence-electron chi connectivity index (χ4n) is 2.44. The third-order valence-electron chi connectivity index (χ3n) is 3.49. The summed E-state index contributed by atoms with van der Waals surface area (Å²) in [7, 11) is 3.73. The number of hydrogen-bond donors (Lipinski definition) is 3. The highest BCUT2D eigenvalue weighted by Crippen LogP contribution is 2.35. The maximum Gasteiger partial charge on any atom is 0.224 e. The normalized spacial score (nSPS) is 24.4. The largest absolute Gasteiger partial charge is 0.373 e. The second-order valence-electron chi connectivity index (χ2n) is 4.61. The highest BCUT2D eigenvalue weighted by atomic mass is 15.1. The van der Waals surface area contributed by atoms with Crippen LogP contribution in [0.3, 0.4) is 0 Å². The average Bonchev–Trinajstić information content (AvgIpc) is 2.39. The first-order valence-electron chi connectivity index (χ1n) is 6.22. The van der Waals surface area contributed by atoms with Gasteiger partial charge in [0.2, 0.25) is 5.95 Å². The lowest BCUT2D eigenvalue weighted by Gasteiger charge is -2.27. The van der Waals surface area contributed by atoms with Crippen molar-refractivity contribution in [3.8, 4) is 0 Å². The number of hydrogen-bond acceptors (Lipinski definition) is 5. The lowest BCUT2D eigenvalue weighted by atomic mass is 9.82. The van der Waals surface area contributed by atoms with E-state index in [0.29, 0.717) is 17.9 Å². The maximum atomic E-state index is 5.93. The Balaban J connectivity index is 2.19. The van der Waals surface area contributed by atoms with Crippen molar-refractivity contribution in [3.63, 3.8) is 0 Å². The van der Waals surface area contributed by atoms with E-state index in [-0.39, 0.29) is 0 Å². The van der Waals surface area contributed by atoms with Gasteiger partial charge >= 0.3 is 0 Å². The lowest BCUT2D eigenvalue weighted by molar-refractivity contribution is 0.395. The van der Waals surface area contributed by atoms with Crippen LogP contribution in [0.1, 0.15) is 37.2 Å². The molecule has 0 saturated heterocycles. The molecule has 1 aliphatic carbocycles. The summed E-state index contributed by atoms with van der Waals surface area (Å²) < 4.78 is 0. The Kier molecular flexibility index (Phi) is 3.78. The average molecular weight is 235 g/mol. The smallest absolute Gasteiger partial charge is 0.224 e. The van der Waals surface area contributed by atoms with Crippen LogP contribution in [0.15, 0.2) is 6.20 Å². The van der Waals surface area contributed by atoms with Gasteiger partial charge in [-0.2, -0.15) is 4.98 Å². The van der Waals surface area contributed by atoms with Crippen molar-refractivity contribution in [1.29, 1.82) is 0 Å². The molecule has 1 fully saturated rings. The van der Waals surface area contributed by atoms with Crippen molar-refractivity contribution in [3.05, 3.63) is 11.8 Å². The van der Waals surface area contributed by atoms with Crippen molar-refractivity contribution >= 4 is 11.8 Å². The van der Waals surface area contributed by atoms with Crippen molar-refractivity contribution in [2.45, 2.75) is 37.6 Å². The monoisotopic (exact) mass is 235 g/mol. The zero-order valence-corrected chi connectivity index (χ0v) is 10.5. The molecule has 0 atom stereocenters. The van der Waals surface area contributed by atoms with Gasteiger partial charge in [0.1, 0.15) is 5.82 Å². The van der Waals surface area contributed by atoms with Crippen molar-refractivity contribution in [1.82, 2.24) is 9.97 Å². The predicted octanol–water partition coefficient (Wildman–Crippen LogP) is 1.54. The number of rotatable bonds is 3. The van der Waals surface area contributed by atoms with Crippen LogP contribution in [-0.2, 0) is 0 Å². The Labute approximate surface area is 102 Å². The molecule has 1 aliphatic rings. The topological polar surface area (TPSA) is 75.9 Å². The molecule has 0 unspecified atom stereocenters. The third-order valence-corrected chi connectivity index (χ3v) is 3.49. The molecule has 1 aromatic heterocycles. The lowest BCUT2D eigenvalue weighted by Crippen LogP contribution is -2.26. The Morgan fingerprint density at radius 2 is 1.88 bits per heavy atom. The Morgan fingerprint density at radius 1 is 1.18 bits per heavy atom. The van der Waals surface area contributed by atoms with Gasteiger partial charge in [-0.3, -0.25) is 0 Å². The molecule has 0 amide bonds. The first-order valence-corrected chi connectivity index (χ1v) is 6.22. The molecule has 1 heterocycles. The van der Waals surface area contributed by atoms with E-state index in [1.807, 2.05) is 20.3 Å². The quantitative estimate of drug-likeness (QED) is 0.741. The Bertz CT molecular complexity index is 371. The molecule has 0 aromatic carbocycles. The van der Waals surface area contributed by atoms with E-state index in [4.69, 9.17) is 5.73 Å². The van der Waals surface area contributed by atoms with E-state index in [1.165, 1.54) is 5.56 Å². The first-order chi connectivity index (χ1) is 8.24. The molecule has 0 spiro atoms. The molecule has 0 radical (unpaired) electrons.